The SMILES string of the molecule is COc1ccc2sc(S(=O)O)c(C)c2c1. The van der Waals surface area contributed by atoms with Crippen molar-refractivity contribution in [3.63, 3.8) is 0 Å². The van der Waals surface area contributed by atoms with Crippen LogP contribution < -0.4 is 4.74 Å². The standard InChI is InChI=1S/C10H10O3S2/c1-6-8-5-7(13-2)3-4-9(8)14-10(6)15(11)12/h3-5H,1-2H3,(H,11,12). The van der Waals surface area contributed by atoms with E-state index in [1.165, 1.54) is 11.3 Å². The molecule has 0 spiro atoms. The molecule has 1 aromatic carbocycles. The normalized spacial score (nSPS) is 13.0. The molecule has 0 fully saturated rings. The summed E-state index contributed by atoms with van der Waals surface area (Å²) in [6.45, 7) is 1.85. The Morgan fingerprint density at radius 3 is 2.80 bits per heavy atom. The van der Waals surface area contributed by atoms with Crippen LogP contribution in [0.1, 0.15) is 5.56 Å². The van der Waals surface area contributed by atoms with Gasteiger partial charge in [0, 0.05) is 10.1 Å². The topological polar surface area (TPSA) is 46.5 Å². The van der Waals surface area contributed by atoms with Gasteiger partial charge in [-0.3, -0.25) is 0 Å². The smallest absolute Gasteiger partial charge is 0.197 e. The van der Waals surface area contributed by atoms with Crippen molar-refractivity contribution in [3.05, 3.63) is 23.8 Å². The van der Waals surface area contributed by atoms with E-state index in [2.05, 4.69) is 0 Å². The Bertz CT molecular complexity index is 531. The molecular formula is C10H10O3S2. The minimum absolute atomic E-state index is 0.512. The molecule has 0 amide bonds. The maximum atomic E-state index is 11.0. The van der Waals surface area contributed by atoms with Crippen molar-refractivity contribution < 1.29 is 13.5 Å². The Kier molecular flexibility index (Phi) is 2.77. The van der Waals surface area contributed by atoms with Crippen molar-refractivity contribution in [1.82, 2.24) is 0 Å². The van der Waals surface area contributed by atoms with Gasteiger partial charge in [0.25, 0.3) is 0 Å². The van der Waals surface area contributed by atoms with Crippen LogP contribution in [0.5, 0.6) is 5.75 Å². The first-order valence-corrected chi connectivity index (χ1v) is 6.24. The molecule has 0 aliphatic heterocycles. The van der Waals surface area contributed by atoms with Gasteiger partial charge in [-0.2, -0.15) is 0 Å². The molecule has 1 atom stereocenters. The van der Waals surface area contributed by atoms with E-state index >= 15 is 0 Å². The summed E-state index contributed by atoms with van der Waals surface area (Å²) < 4.78 is 26.8. The lowest BCUT2D eigenvalue weighted by Crippen LogP contribution is -1.85. The van der Waals surface area contributed by atoms with Crippen molar-refractivity contribution in [2.45, 2.75) is 11.1 Å². The summed E-state index contributed by atoms with van der Waals surface area (Å²) in [6.07, 6.45) is 0. The number of rotatable bonds is 2. The number of fused-ring (bicyclic) bond motifs is 1. The van der Waals surface area contributed by atoms with E-state index in [4.69, 9.17) is 9.29 Å². The molecule has 0 aliphatic rings. The van der Waals surface area contributed by atoms with E-state index in [9.17, 15) is 4.21 Å². The van der Waals surface area contributed by atoms with Crippen LogP contribution in [-0.4, -0.2) is 15.9 Å². The van der Waals surface area contributed by atoms with E-state index in [1.807, 2.05) is 25.1 Å². The van der Waals surface area contributed by atoms with Gasteiger partial charge < -0.3 is 9.29 Å². The van der Waals surface area contributed by atoms with E-state index in [-0.39, 0.29) is 0 Å². The Morgan fingerprint density at radius 1 is 1.47 bits per heavy atom. The van der Waals surface area contributed by atoms with E-state index in [0.29, 0.717) is 4.21 Å². The Morgan fingerprint density at radius 2 is 2.20 bits per heavy atom. The summed E-state index contributed by atoms with van der Waals surface area (Å²) in [4.78, 5) is 0. The molecule has 1 aromatic heterocycles. The number of hydrogen-bond acceptors (Lipinski definition) is 3. The number of hydrogen-bond donors (Lipinski definition) is 1. The van der Waals surface area contributed by atoms with Gasteiger partial charge in [0.05, 0.1) is 7.11 Å². The predicted molar refractivity (Wildman–Crippen MR) is 62.2 cm³/mol. The molecule has 15 heavy (non-hydrogen) atoms. The van der Waals surface area contributed by atoms with Gasteiger partial charge >= 0.3 is 0 Å². The molecule has 2 aromatic rings. The molecule has 3 nitrogen and oxygen atoms in total. The first-order valence-electron chi connectivity index (χ1n) is 4.31. The first kappa shape index (κ1) is 10.6. The monoisotopic (exact) mass is 242 g/mol. The molecule has 0 saturated carbocycles. The Hall–Kier alpha value is -0.910. The molecule has 0 aliphatic carbocycles. The molecule has 0 radical (unpaired) electrons. The minimum Gasteiger partial charge on any atom is -0.497 e. The third-order valence-corrected chi connectivity index (χ3v) is 4.63. The zero-order chi connectivity index (χ0) is 11.0. The molecule has 1 unspecified atom stereocenters. The number of thiophene rings is 1. The summed E-state index contributed by atoms with van der Waals surface area (Å²) in [5.41, 5.74) is 0.856. The third kappa shape index (κ3) is 1.78. The van der Waals surface area contributed by atoms with E-state index in [0.717, 1.165) is 21.4 Å². The quantitative estimate of drug-likeness (QED) is 0.824. The molecule has 5 heteroatoms. The second kappa shape index (κ2) is 3.92. The number of ether oxygens (including phenoxy) is 1. The number of benzene rings is 1. The lowest BCUT2D eigenvalue weighted by Gasteiger charge is -1.98. The summed E-state index contributed by atoms with van der Waals surface area (Å²) in [7, 11) is 1.61. The second-order valence-corrected chi connectivity index (χ2v) is 5.34. The lowest BCUT2D eigenvalue weighted by atomic mass is 10.2. The average molecular weight is 242 g/mol. The molecule has 0 bridgehead atoms. The zero-order valence-corrected chi connectivity index (χ0v) is 9.95. The summed E-state index contributed by atoms with van der Waals surface area (Å²) in [5, 5.41) is 0.983. The van der Waals surface area contributed by atoms with E-state index in [1.54, 1.807) is 7.11 Å². The highest BCUT2D eigenvalue weighted by atomic mass is 32.2. The molecule has 80 valence electrons. The fraction of sp³-hybridized carbons (Fsp3) is 0.200. The van der Waals surface area contributed by atoms with Crippen LogP contribution in [0.25, 0.3) is 10.1 Å². The predicted octanol–water partition coefficient (Wildman–Crippen LogP) is 2.80. The van der Waals surface area contributed by atoms with Crippen LogP contribution in [0, 0.1) is 6.92 Å². The zero-order valence-electron chi connectivity index (χ0n) is 8.31. The average Bonchev–Trinajstić information content (AvgIpc) is 2.56. The van der Waals surface area contributed by atoms with Gasteiger partial charge in [-0.15, -0.1) is 11.3 Å². The maximum absolute atomic E-state index is 11.0. The van der Waals surface area contributed by atoms with Gasteiger partial charge in [0.15, 0.2) is 11.1 Å². The van der Waals surface area contributed by atoms with Gasteiger partial charge in [0.1, 0.15) is 9.96 Å². The van der Waals surface area contributed by atoms with Gasteiger partial charge in [0.2, 0.25) is 0 Å². The van der Waals surface area contributed by atoms with Crippen LogP contribution in [0.2, 0.25) is 0 Å². The summed E-state index contributed by atoms with van der Waals surface area (Å²) >= 11 is -0.559. The van der Waals surface area contributed by atoms with Crippen molar-refractivity contribution >= 4 is 32.5 Å². The molecule has 0 saturated heterocycles. The van der Waals surface area contributed by atoms with Crippen LogP contribution in [-0.2, 0) is 11.1 Å². The third-order valence-electron chi connectivity index (χ3n) is 2.26. The van der Waals surface area contributed by atoms with Crippen LogP contribution in [0.15, 0.2) is 22.4 Å². The van der Waals surface area contributed by atoms with Crippen LogP contribution >= 0.6 is 11.3 Å². The Balaban J connectivity index is 2.72. The van der Waals surface area contributed by atoms with Crippen LogP contribution in [0.3, 0.4) is 0 Å². The maximum Gasteiger partial charge on any atom is 0.197 e. The Labute approximate surface area is 94.0 Å². The summed E-state index contributed by atoms with van der Waals surface area (Å²) in [5.74, 6) is 0.763. The fourth-order valence-electron chi connectivity index (χ4n) is 1.47. The first-order chi connectivity index (χ1) is 7.13. The van der Waals surface area contributed by atoms with Crippen molar-refractivity contribution in [2.75, 3.05) is 7.11 Å². The van der Waals surface area contributed by atoms with Crippen molar-refractivity contribution in [1.29, 1.82) is 0 Å². The number of aryl methyl sites for hydroxylation is 1. The van der Waals surface area contributed by atoms with Crippen molar-refractivity contribution in [2.24, 2.45) is 0 Å². The highest BCUT2D eigenvalue weighted by molar-refractivity contribution is 7.82. The summed E-state index contributed by atoms with van der Waals surface area (Å²) in [6, 6.07) is 5.64. The molecule has 1 heterocycles. The molecule has 1 N–H and O–H groups in total. The second-order valence-electron chi connectivity index (χ2n) is 3.13. The minimum atomic E-state index is -1.90. The number of methoxy groups -OCH3 is 1. The highest BCUT2D eigenvalue weighted by Gasteiger charge is 2.12. The van der Waals surface area contributed by atoms with Gasteiger partial charge in [-0.1, -0.05) is 0 Å². The van der Waals surface area contributed by atoms with Gasteiger partial charge in [-0.25, -0.2) is 4.21 Å². The largest absolute Gasteiger partial charge is 0.497 e. The lowest BCUT2D eigenvalue weighted by molar-refractivity contribution is 0.415. The van der Waals surface area contributed by atoms with E-state index < -0.39 is 11.1 Å². The van der Waals surface area contributed by atoms with Gasteiger partial charge in [-0.05, 0) is 30.7 Å². The van der Waals surface area contributed by atoms with Crippen molar-refractivity contribution in [3.8, 4) is 5.75 Å². The molecule has 2 rings (SSSR count). The highest BCUT2D eigenvalue weighted by Crippen LogP contribution is 2.34. The van der Waals surface area contributed by atoms with Crippen LogP contribution in [0.4, 0.5) is 0 Å². The fourth-order valence-corrected chi connectivity index (χ4v) is 3.32. The molecular weight excluding hydrogens is 232 g/mol.